The Bertz CT molecular complexity index is 1360. The summed E-state index contributed by atoms with van der Waals surface area (Å²) in [5.74, 6) is 3.42. The fourth-order valence-electron chi connectivity index (χ4n) is 4.79. The van der Waals surface area contributed by atoms with Gasteiger partial charge in [-0.2, -0.15) is 0 Å². The second-order valence-electron chi connectivity index (χ2n) is 9.71. The van der Waals surface area contributed by atoms with E-state index in [1.807, 2.05) is 6.92 Å². The van der Waals surface area contributed by atoms with Crippen molar-refractivity contribution in [3.05, 3.63) is 59.8 Å². The molecule has 7 nitrogen and oxygen atoms in total. The van der Waals surface area contributed by atoms with E-state index >= 15 is 0 Å². The van der Waals surface area contributed by atoms with Crippen LogP contribution in [0, 0.1) is 25.2 Å². The third-order valence-electron chi connectivity index (χ3n) is 6.88. The molecule has 3 aromatic rings. The first-order valence-corrected chi connectivity index (χ1v) is 14.3. The molecule has 1 fully saturated rings. The molecule has 1 amide bonds. The molecule has 196 valence electrons. The number of nitrogens with one attached hydrogen (secondary N) is 2. The first-order chi connectivity index (χ1) is 17.9. The van der Waals surface area contributed by atoms with Crippen LogP contribution in [0.15, 0.2) is 53.6 Å². The lowest BCUT2D eigenvalue weighted by atomic mass is 10.0. The fraction of sp³-hybridized carbons (Fsp3) is 0.414. The van der Waals surface area contributed by atoms with Crippen LogP contribution in [0.2, 0.25) is 0 Å². The number of benzene rings is 2. The van der Waals surface area contributed by atoms with Crippen molar-refractivity contribution in [3.8, 4) is 18.1 Å². The van der Waals surface area contributed by atoms with Crippen LogP contribution in [0.4, 0.5) is 0 Å². The van der Waals surface area contributed by atoms with Gasteiger partial charge in [0.25, 0.3) is 15.9 Å². The van der Waals surface area contributed by atoms with Gasteiger partial charge in [-0.15, -0.1) is 6.42 Å². The molecular formula is C29H35N3O4S. The Balaban J connectivity index is 1.52. The summed E-state index contributed by atoms with van der Waals surface area (Å²) < 4.78 is 34.0. The van der Waals surface area contributed by atoms with Crippen LogP contribution in [0.5, 0.6) is 5.75 Å². The maximum absolute atomic E-state index is 13.5. The van der Waals surface area contributed by atoms with E-state index in [9.17, 15) is 13.2 Å². The number of aryl methyl sites for hydroxylation is 1. The molecule has 37 heavy (non-hydrogen) atoms. The fourth-order valence-corrected chi connectivity index (χ4v) is 6.19. The highest BCUT2D eigenvalue weighted by Crippen LogP contribution is 2.29. The van der Waals surface area contributed by atoms with Crippen LogP contribution in [0.25, 0.3) is 10.9 Å². The van der Waals surface area contributed by atoms with Gasteiger partial charge in [0.2, 0.25) is 0 Å². The Morgan fingerprint density at radius 3 is 2.54 bits per heavy atom. The van der Waals surface area contributed by atoms with Crippen molar-refractivity contribution in [2.24, 2.45) is 5.92 Å². The molecule has 1 aromatic heterocycles. The topological polar surface area (TPSA) is 89.4 Å². The summed E-state index contributed by atoms with van der Waals surface area (Å²) in [6.07, 6.45) is 14.3. The lowest BCUT2D eigenvalue weighted by molar-refractivity contribution is -0.123. The highest BCUT2D eigenvalue weighted by atomic mass is 32.2. The van der Waals surface area contributed by atoms with Gasteiger partial charge in [-0.25, -0.2) is 12.4 Å². The minimum atomic E-state index is -3.81. The molecule has 2 aromatic carbocycles. The van der Waals surface area contributed by atoms with Crippen LogP contribution in [-0.4, -0.2) is 38.0 Å². The van der Waals surface area contributed by atoms with Crippen LogP contribution in [0.1, 0.15) is 49.7 Å². The molecule has 2 N–H and O–H groups in total. The Morgan fingerprint density at radius 2 is 1.84 bits per heavy atom. The van der Waals surface area contributed by atoms with E-state index in [0.29, 0.717) is 36.8 Å². The highest BCUT2D eigenvalue weighted by molar-refractivity contribution is 7.90. The average molecular weight is 522 g/mol. The van der Waals surface area contributed by atoms with Crippen LogP contribution >= 0.6 is 0 Å². The van der Waals surface area contributed by atoms with E-state index < -0.39 is 10.0 Å². The third kappa shape index (κ3) is 6.73. The average Bonchev–Trinajstić information content (AvgIpc) is 3.06. The lowest BCUT2D eigenvalue weighted by Crippen LogP contribution is -2.33. The maximum atomic E-state index is 13.5. The number of hydrogen-bond donors (Lipinski definition) is 2. The normalized spacial score (nSPS) is 14.7. The number of carbonyl (C=O) groups is 1. The molecular weight excluding hydrogens is 486 g/mol. The van der Waals surface area contributed by atoms with Crippen molar-refractivity contribution >= 4 is 26.8 Å². The predicted octanol–water partition coefficient (Wildman–Crippen LogP) is 4.37. The van der Waals surface area contributed by atoms with Crippen LogP contribution < -0.4 is 15.4 Å². The molecule has 0 aliphatic heterocycles. The number of aromatic nitrogens is 1. The van der Waals surface area contributed by atoms with Crippen molar-refractivity contribution in [2.75, 3.05) is 19.7 Å². The summed E-state index contributed by atoms with van der Waals surface area (Å²) in [4.78, 5) is 12.6. The zero-order chi connectivity index (χ0) is 26.3. The quantitative estimate of drug-likeness (QED) is 0.235. The first kappa shape index (κ1) is 26.8. The monoisotopic (exact) mass is 521 g/mol. The molecule has 4 rings (SSSR count). The third-order valence-corrected chi connectivity index (χ3v) is 8.57. The molecule has 1 heterocycles. The summed E-state index contributed by atoms with van der Waals surface area (Å²) >= 11 is 0. The van der Waals surface area contributed by atoms with E-state index in [4.69, 9.17) is 11.2 Å². The molecule has 0 atom stereocenters. The second-order valence-corrected chi connectivity index (χ2v) is 11.5. The van der Waals surface area contributed by atoms with E-state index in [2.05, 4.69) is 16.6 Å². The van der Waals surface area contributed by atoms with Crippen molar-refractivity contribution in [1.82, 2.24) is 14.6 Å². The summed E-state index contributed by atoms with van der Waals surface area (Å²) in [6.45, 7) is 3.25. The van der Waals surface area contributed by atoms with E-state index in [0.717, 1.165) is 29.4 Å². The maximum Gasteiger partial charge on any atom is 0.268 e. The summed E-state index contributed by atoms with van der Waals surface area (Å²) in [6, 6.07) is 12.0. The number of ether oxygens (including phenoxy) is 1. The summed E-state index contributed by atoms with van der Waals surface area (Å²) in [5.41, 5.74) is 2.28. The number of fused-ring (bicyclic) bond motifs is 1. The lowest BCUT2D eigenvalue weighted by Gasteiger charge is -2.15. The van der Waals surface area contributed by atoms with E-state index in [-0.39, 0.29) is 17.4 Å². The largest absolute Gasteiger partial charge is 0.484 e. The van der Waals surface area contributed by atoms with Gasteiger partial charge < -0.3 is 15.4 Å². The zero-order valence-electron chi connectivity index (χ0n) is 21.3. The molecule has 0 saturated heterocycles. The molecule has 0 spiro atoms. The number of hydrogen-bond acceptors (Lipinski definition) is 5. The zero-order valence-corrected chi connectivity index (χ0v) is 22.1. The molecule has 0 bridgehead atoms. The Labute approximate surface area is 219 Å². The summed E-state index contributed by atoms with van der Waals surface area (Å²) in [5, 5.41) is 6.85. The van der Waals surface area contributed by atoms with Gasteiger partial charge in [-0.05, 0) is 61.6 Å². The van der Waals surface area contributed by atoms with Gasteiger partial charge >= 0.3 is 0 Å². The van der Waals surface area contributed by atoms with Gasteiger partial charge in [0.15, 0.2) is 6.61 Å². The van der Waals surface area contributed by atoms with Gasteiger partial charge in [0.05, 0.1) is 17.0 Å². The molecule has 1 aliphatic rings. The van der Waals surface area contributed by atoms with E-state index in [1.165, 1.54) is 29.7 Å². The number of terminal acetylenes is 1. The molecule has 1 aliphatic carbocycles. The van der Waals surface area contributed by atoms with Crippen molar-refractivity contribution in [2.45, 2.75) is 56.9 Å². The number of nitrogens with zero attached hydrogens (tertiary/aromatic N) is 1. The highest BCUT2D eigenvalue weighted by Gasteiger charge is 2.22. The van der Waals surface area contributed by atoms with Crippen molar-refractivity contribution in [1.29, 1.82) is 0 Å². The Kier molecular flexibility index (Phi) is 8.91. The first-order valence-electron chi connectivity index (χ1n) is 12.9. The summed E-state index contributed by atoms with van der Waals surface area (Å²) in [7, 11) is -3.81. The van der Waals surface area contributed by atoms with Gasteiger partial charge in [0.1, 0.15) is 5.75 Å². The molecule has 1 saturated carbocycles. The van der Waals surface area contributed by atoms with Gasteiger partial charge in [0, 0.05) is 24.7 Å². The van der Waals surface area contributed by atoms with Crippen LogP contribution in [-0.2, 0) is 21.4 Å². The van der Waals surface area contributed by atoms with E-state index in [1.54, 1.807) is 48.7 Å². The second kappa shape index (κ2) is 12.3. The predicted molar refractivity (Wildman–Crippen MR) is 146 cm³/mol. The molecule has 0 unspecified atom stereocenters. The van der Waals surface area contributed by atoms with Crippen molar-refractivity contribution < 1.29 is 17.9 Å². The SMILES string of the molecule is C#CCNCc1cn(S(=O)(=O)c2ccc(C)cc2)c2ccc(OCC(=O)NCC3CCCCCC3)cc12. The van der Waals surface area contributed by atoms with Crippen molar-refractivity contribution in [3.63, 3.8) is 0 Å². The smallest absolute Gasteiger partial charge is 0.268 e. The minimum absolute atomic E-state index is 0.0920. The standard InChI is InChI=1S/C29H35N3O4S/c1-3-16-30-19-24-20-32(37(34,35)26-13-10-22(2)11-14-26)28-15-12-25(17-27(24)28)36-21-29(33)31-18-23-8-6-4-5-7-9-23/h1,10-15,17,20,23,30H,4-9,16,18-19,21H2,2H3,(H,31,33). The number of rotatable bonds is 10. The minimum Gasteiger partial charge on any atom is -0.484 e. The number of amides is 1. The Morgan fingerprint density at radius 1 is 1.11 bits per heavy atom. The number of carbonyl (C=O) groups excluding carboxylic acids is 1. The van der Waals surface area contributed by atoms with Gasteiger partial charge in [-0.1, -0.05) is 49.3 Å². The molecule has 8 heteroatoms. The molecule has 0 radical (unpaired) electrons. The Hall–Kier alpha value is -3.28. The van der Waals surface area contributed by atoms with Gasteiger partial charge in [-0.3, -0.25) is 4.79 Å². The van der Waals surface area contributed by atoms with Crippen LogP contribution in [0.3, 0.4) is 0 Å².